The van der Waals surface area contributed by atoms with Gasteiger partial charge in [-0.15, -0.1) is 0 Å². The van der Waals surface area contributed by atoms with Crippen LogP contribution in [0.4, 0.5) is 0 Å². The van der Waals surface area contributed by atoms with Crippen LogP contribution in [-0.4, -0.2) is 7.11 Å². The summed E-state index contributed by atoms with van der Waals surface area (Å²) in [4.78, 5) is 0. The van der Waals surface area contributed by atoms with E-state index in [1.165, 1.54) is 5.56 Å². The Hall–Kier alpha value is -1.53. The average Bonchev–Trinajstić information content (AvgIpc) is 2.29. The number of hydrogen-bond donors (Lipinski definition) is 1. The molecule has 0 spiro atoms. The van der Waals surface area contributed by atoms with E-state index in [-0.39, 0.29) is 0 Å². The summed E-state index contributed by atoms with van der Waals surface area (Å²) in [6.07, 6.45) is 2.70. The second kappa shape index (κ2) is 3.56. The molecule has 0 aromatic heterocycles. The number of rotatable bonds is 1. The van der Waals surface area contributed by atoms with Crippen molar-refractivity contribution in [1.82, 2.24) is 0 Å². The highest BCUT2D eigenvalue weighted by molar-refractivity contribution is 5.44. The van der Waals surface area contributed by atoms with Gasteiger partial charge in [0.15, 0.2) is 0 Å². The highest BCUT2D eigenvalue weighted by atomic mass is 16.5. The van der Waals surface area contributed by atoms with Crippen LogP contribution in [0.2, 0.25) is 0 Å². The van der Waals surface area contributed by atoms with Crippen molar-refractivity contribution in [2.75, 3.05) is 7.11 Å². The van der Waals surface area contributed by atoms with E-state index in [9.17, 15) is 0 Å². The van der Waals surface area contributed by atoms with Crippen LogP contribution in [-0.2, 0) is 12.0 Å². The molecule has 1 aliphatic rings. The van der Waals surface area contributed by atoms with Crippen LogP contribution in [0.25, 0.3) is 0 Å². The third-order valence-electron chi connectivity index (χ3n) is 3.01. The molecule has 1 aromatic carbocycles. The SMILES string of the molecule is COc1ccc2c(c1)C(N)(C#N)CCC2. The largest absolute Gasteiger partial charge is 0.497 e. The smallest absolute Gasteiger partial charge is 0.130 e. The van der Waals surface area contributed by atoms with Crippen molar-refractivity contribution in [2.24, 2.45) is 5.73 Å². The molecular formula is C12H14N2O. The fraction of sp³-hybridized carbons (Fsp3) is 0.417. The first-order valence-electron chi connectivity index (χ1n) is 5.07. The Bertz CT molecular complexity index is 422. The lowest BCUT2D eigenvalue weighted by Crippen LogP contribution is -2.38. The van der Waals surface area contributed by atoms with Crippen LogP contribution >= 0.6 is 0 Å². The van der Waals surface area contributed by atoms with E-state index < -0.39 is 5.54 Å². The molecule has 15 heavy (non-hydrogen) atoms. The molecule has 1 atom stereocenters. The molecule has 0 heterocycles. The summed E-state index contributed by atoms with van der Waals surface area (Å²) in [7, 11) is 1.62. The summed E-state index contributed by atoms with van der Waals surface area (Å²) in [5, 5.41) is 9.14. The number of ether oxygens (including phenoxy) is 1. The van der Waals surface area contributed by atoms with Crippen LogP contribution in [0.15, 0.2) is 18.2 Å². The predicted octanol–water partition coefficient (Wildman–Crippen LogP) is 1.71. The molecule has 0 fully saturated rings. The zero-order valence-electron chi connectivity index (χ0n) is 8.79. The van der Waals surface area contributed by atoms with E-state index in [0.717, 1.165) is 30.6 Å². The van der Waals surface area contributed by atoms with E-state index in [4.69, 9.17) is 15.7 Å². The molecule has 3 nitrogen and oxygen atoms in total. The van der Waals surface area contributed by atoms with Gasteiger partial charge in [0.25, 0.3) is 0 Å². The van der Waals surface area contributed by atoms with Crippen molar-refractivity contribution >= 4 is 0 Å². The molecular weight excluding hydrogens is 188 g/mol. The van der Waals surface area contributed by atoms with Crippen LogP contribution < -0.4 is 10.5 Å². The number of fused-ring (bicyclic) bond motifs is 1. The van der Waals surface area contributed by atoms with Gasteiger partial charge in [-0.3, -0.25) is 0 Å². The second-order valence-electron chi connectivity index (χ2n) is 3.96. The molecule has 0 radical (unpaired) electrons. The van der Waals surface area contributed by atoms with Gasteiger partial charge in [0.1, 0.15) is 11.3 Å². The molecule has 0 aliphatic heterocycles. The Balaban J connectivity index is 2.54. The number of nitrogens with zero attached hydrogens (tertiary/aromatic N) is 1. The minimum atomic E-state index is -0.831. The fourth-order valence-electron chi connectivity index (χ4n) is 2.12. The molecule has 0 saturated carbocycles. The summed E-state index contributed by atoms with van der Waals surface area (Å²) in [5.74, 6) is 0.765. The van der Waals surface area contributed by atoms with Gasteiger partial charge in [-0.25, -0.2) is 0 Å². The Morgan fingerprint density at radius 3 is 3.00 bits per heavy atom. The molecule has 0 bridgehead atoms. The van der Waals surface area contributed by atoms with Gasteiger partial charge >= 0.3 is 0 Å². The van der Waals surface area contributed by atoms with Crippen LogP contribution in [0.1, 0.15) is 24.0 Å². The monoisotopic (exact) mass is 202 g/mol. The van der Waals surface area contributed by atoms with Crippen molar-refractivity contribution < 1.29 is 4.74 Å². The molecule has 1 aliphatic carbocycles. The van der Waals surface area contributed by atoms with E-state index in [0.29, 0.717) is 0 Å². The van der Waals surface area contributed by atoms with Crippen molar-refractivity contribution in [3.63, 3.8) is 0 Å². The third-order valence-corrected chi connectivity index (χ3v) is 3.01. The Kier molecular flexibility index (Phi) is 2.37. The van der Waals surface area contributed by atoms with Crippen LogP contribution in [0.5, 0.6) is 5.75 Å². The lowest BCUT2D eigenvalue weighted by Gasteiger charge is -2.29. The molecule has 1 unspecified atom stereocenters. The maximum Gasteiger partial charge on any atom is 0.130 e. The fourth-order valence-corrected chi connectivity index (χ4v) is 2.12. The Labute approximate surface area is 89.5 Å². The minimum Gasteiger partial charge on any atom is -0.497 e. The number of aryl methyl sites for hydroxylation is 1. The molecule has 78 valence electrons. The number of methoxy groups -OCH3 is 1. The van der Waals surface area contributed by atoms with Gasteiger partial charge in [-0.2, -0.15) is 5.26 Å². The minimum absolute atomic E-state index is 0.726. The standard InChI is InChI=1S/C12H14N2O/c1-15-10-5-4-9-3-2-6-12(14,8-13)11(9)7-10/h4-5,7H,2-3,6,14H2,1H3. The quantitative estimate of drug-likeness (QED) is 0.754. The number of hydrogen-bond acceptors (Lipinski definition) is 3. The first-order valence-corrected chi connectivity index (χ1v) is 5.07. The summed E-state index contributed by atoms with van der Waals surface area (Å²) in [5.41, 5.74) is 7.34. The van der Waals surface area contributed by atoms with Gasteiger partial charge < -0.3 is 10.5 Å². The molecule has 1 aromatic rings. The van der Waals surface area contributed by atoms with E-state index >= 15 is 0 Å². The third kappa shape index (κ3) is 1.57. The maximum absolute atomic E-state index is 9.14. The van der Waals surface area contributed by atoms with Crippen LogP contribution in [0.3, 0.4) is 0 Å². The zero-order chi connectivity index (χ0) is 10.9. The molecule has 2 N–H and O–H groups in total. The van der Waals surface area contributed by atoms with Gasteiger partial charge in [0.2, 0.25) is 0 Å². The van der Waals surface area contributed by atoms with Crippen molar-refractivity contribution in [3.05, 3.63) is 29.3 Å². The van der Waals surface area contributed by atoms with Crippen molar-refractivity contribution in [2.45, 2.75) is 24.8 Å². The van der Waals surface area contributed by atoms with E-state index in [1.807, 2.05) is 18.2 Å². The number of nitriles is 1. The first kappa shape index (κ1) is 10.0. The topological polar surface area (TPSA) is 59.0 Å². The highest BCUT2D eigenvalue weighted by Gasteiger charge is 2.32. The van der Waals surface area contributed by atoms with Crippen molar-refractivity contribution in [1.29, 1.82) is 5.26 Å². The molecule has 3 heteroatoms. The van der Waals surface area contributed by atoms with Gasteiger partial charge in [-0.05, 0) is 42.5 Å². The maximum atomic E-state index is 9.14. The normalized spacial score (nSPS) is 24.1. The Morgan fingerprint density at radius 1 is 1.53 bits per heavy atom. The van der Waals surface area contributed by atoms with Gasteiger partial charge in [0, 0.05) is 0 Å². The summed E-state index contributed by atoms with van der Waals surface area (Å²) in [6.45, 7) is 0. The lowest BCUT2D eigenvalue weighted by atomic mass is 9.78. The second-order valence-corrected chi connectivity index (χ2v) is 3.96. The number of benzene rings is 1. The molecule has 0 amide bonds. The number of nitrogens with two attached hydrogens (primary N) is 1. The van der Waals surface area contributed by atoms with Crippen molar-refractivity contribution in [3.8, 4) is 11.8 Å². The summed E-state index contributed by atoms with van der Waals surface area (Å²) in [6, 6.07) is 8.02. The van der Waals surface area contributed by atoms with Gasteiger partial charge in [0.05, 0.1) is 13.2 Å². The summed E-state index contributed by atoms with van der Waals surface area (Å²) >= 11 is 0. The Morgan fingerprint density at radius 2 is 2.33 bits per heavy atom. The molecule has 2 rings (SSSR count). The van der Waals surface area contributed by atoms with Crippen LogP contribution in [0, 0.1) is 11.3 Å². The van der Waals surface area contributed by atoms with E-state index in [2.05, 4.69) is 6.07 Å². The van der Waals surface area contributed by atoms with E-state index in [1.54, 1.807) is 7.11 Å². The first-order chi connectivity index (χ1) is 7.19. The average molecular weight is 202 g/mol. The predicted molar refractivity (Wildman–Crippen MR) is 57.4 cm³/mol. The zero-order valence-corrected chi connectivity index (χ0v) is 8.79. The van der Waals surface area contributed by atoms with Gasteiger partial charge in [-0.1, -0.05) is 6.07 Å². The molecule has 0 saturated heterocycles. The lowest BCUT2D eigenvalue weighted by molar-refractivity contribution is 0.408. The highest BCUT2D eigenvalue weighted by Crippen LogP contribution is 2.34. The summed E-state index contributed by atoms with van der Waals surface area (Å²) < 4.78 is 5.15.